The number of nitrogens with zero attached hydrogens (tertiary/aromatic N) is 4. The third kappa shape index (κ3) is 3.20. The molecule has 0 spiro atoms. The van der Waals surface area contributed by atoms with Crippen molar-refractivity contribution in [3.8, 4) is 0 Å². The van der Waals surface area contributed by atoms with Crippen LogP contribution < -0.4 is 5.32 Å². The monoisotopic (exact) mass is 389 g/mol. The summed E-state index contributed by atoms with van der Waals surface area (Å²) in [6.45, 7) is 1.49. The first kappa shape index (κ1) is 18.7. The lowest BCUT2D eigenvalue weighted by molar-refractivity contribution is -0.0511. The van der Waals surface area contributed by atoms with Crippen LogP contribution in [0.3, 0.4) is 0 Å². The normalized spacial score (nSPS) is 25.9. The SMILES string of the molecule is C[C@H](Nc1ncnc2c1ncn2C1OC(CO)C(O)C1O)c1ccc(F)cc1. The van der Waals surface area contributed by atoms with Crippen LogP contribution in [-0.4, -0.2) is 59.8 Å². The van der Waals surface area contributed by atoms with Gasteiger partial charge in [0.05, 0.1) is 19.0 Å². The Hall–Kier alpha value is -2.66. The largest absolute Gasteiger partial charge is 0.394 e. The summed E-state index contributed by atoms with van der Waals surface area (Å²) in [6, 6.07) is 5.98. The van der Waals surface area contributed by atoms with Crippen LogP contribution in [0.5, 0.6) is 0 Å². The molecule has 5 atom stereocenters. The summed E-state index contributed by atoms with van der Waals surface area (Å²) in [6.07, 6.45) is -1.50. The molecule has 3 heterocycles. The highest BCUT2D eigenvalue weighted by atomic mass is 19.1. The fourth-order valence-corrected chi connectivity index (χ4v) is 3.29. The van der Waals surface area contributed by atoms with Crippen LogP contribution in [0.4, 0.5) is 10.2 Å². The van der Waals surface area contributed by atoms with E-state index in [-0.39, 0.29) is 11.9 Å². The molecule has 4 N–H and O–H groups in total. The Labute approximate surface area is 159 Å². The van der Waals surface area contributed by atoms with Crippen LogP contribution in [0.2, 0.25) is 0 Å². The highest BCUT2D eigenvalue weighted by molar-refractivity contribution is 5.82. The van der Waals surface area contributed by atoms with Gasteiger partial charge in [-0.15, -0.1) is 0 Å². The number of benzene rings is 1. The molecule has 9 nitrogen and oxygen atoms in total. The Morgan fingerprint density at radius 3 is 2.61 bits per heavy atom. The Kier molecular flexibility index (Phi) is 4.94. The molecule has 0 amide bonds. The number of rotatable bonds is 5. The smallest absolute Gasteiger partial charge is 0.167 e. The second-order valence-electron chi connectivity index (χ2n) is 6.69. The Balaban J connectivity index is 1.63. The van der Waals surface area contributed by atoms with Gasteiger partial charge in [-0.05, 0) is 24.6 Å². The molecular formula is C18H20FN5O4. The first-order chi connectivity index (χ1) is 13.5. The van der Waals surface area contributed by atoms with Gasteiger partial charge in [-0.2, -0.15) is 0 Å². The van der Waals surface area contributed by atoms with Gasteiger partial charge >= 0.3 is 0 Å². The highest BCUT2D eigenvalue weighted by Crippen LogP contribution is 2.32. The number of nitrogens with one attached hydrogen (secondary N) is 1. The molecule has 1 aromatic carbocycles. The molecule has 4 unspecified atom stereocenters. The van der Waals surface area contributed by atoms with E-state index in [1.807, 2.05) is 6.92 Å². The average Bonchev–Trinajstić information content (AvgIpc) is 3.24. The van der Waals surface area contributed by atoms with E-state index in [1.54, 1.807) is 12.1 Å². The number of aromatic nitrogens is 4. The minimum absolute atomic E-state index is 0.169. The number of anilines is 1. The molecule has 148 valence electrons. The molecule has 1 fully saturated rings. The molecule has 28 heavy (non-hydrogen) atoms. The molecule has 0 radical (unpaired) electrons. The summed E-state index contributed by atoms with van der Waals surface area (Å²) >= 11 is 0. The summed E-state index contributed by atoms with van der Waals surface area (Å²) in [4.78, 5) is 12.8. The number of aliphatic hydroxyl groups is 3. The zero-order chi connectivity index (χ0) is 19.8. The lowest BCUT2D eigenvalue weighted by Gasteiger charge is -2.17. The molecule has 0 saturated carbocycles. The molecule has 1 aliphatic rings. The summed E-state index contributed by atoms with van der Waals surface area (Å²) < 4.78 is 20.2. The van der Waals surface area contributed by atoms with Crippen LogP contribution in [0.1, 0.15) is 24.8 Å². The fourth-order valence-electron chi connectivity index (χ4n) is 3.29. The average molecular weight is 389 g/mol. The minimum Gasteiger partial charge on any atom is -0.394 e. The van der Waals surface area contributed by atoms with Gasteiger partial charge in [-0.3, -0.25) is 4.57 Å². The standard InChI is InChI=1S/C18H20FN5O4/c1-9(10-2-4-11(19)5-3-10)23-16-13-17(21-7-20-16)24(8-22-13)18-15(27)14(26)12(6-25)28-18/h2-5,7-9,12,14-15,18,25-27H,6H2,1H3,(H,20,21,23)/t9-,12?,14?,15?,18?/m0/s1. The summed E-state index contributed by atoms with van der Waals surface area (Å²) in [7, 11) is 0. The van der Waals surface area contributed by atoms with Gasteiger partial charge in [0.15, 0.2) is 23.2 Å². The molecule has 3 aromatic rings. The Morgan fingerprint density at radius 2 is 1.93 bits per heavy atom. The number of hydrogen-bond acceptors (Lipinski definition) is 8. The van der Waals surface area contributed by atoms with Gasteiger partial charge in [0.25, 0.3) is 0 Å². The molecule has 0 bridgehead atoms. The van der Waals surface area contributed by atoms with E-state index in [1.165, 1.54) is 29.4 Å². The summed E-state index contributed by atoms with van der Waals surface area (Å²) in [5.74, 6) is 0.157. The van der Waals surface area contributed by atoms with Crippen LogP contribution in [-0.2, 0) is 4.74 Å². The highest BCUT2D eigenvalue weighted by Gasteiger charge is 2.44. The molecule has 1 aliphatic heterocycles. The van der Waals surface area contributed by atoms with E-state index in [0.717, 1.165) is 5.56 Å². The van der Waals surface area contributed by atoms with Crippen molar-refractivity contribution in [2.45, 2.75) is 37.5 Å². The maximum absolute atomic E-state index is 13.1. The third-order valence-electron chi connectivity index (χ3n) is 4.87. The molecule has 2 aromatic heterocycles. The van der Waals surface area contributed by atoms with Crippen molar-refractivity contribution in [1.82, 2.24) is 19.5 Å². The van der Waals surface area contributed by atoms with E-state index in [4.69, 9.17) is 4.74 Å². The van der Waals surface area contributed by atoms with Crippen LogP contribution in [0.25, 0.3) is 11.2 Å². The number of imidazole rings is 1. The van der Waals surface area contributed by atoms with Crippen molar-refractivity contribution in [1.29, 1.82) is 0 Å². The second-order valence-corrected chi connectivity index (χ2v) is 6.69. The first-order valence-corrected chi connectivity index (χ1v) is 8.81. The van der Waals surface area contributed by atoms with Gasteiger partial charge in [0.1, 0.15) is 30.5 Å². The number of halogens is 1. The quantitative estimate of drug-likeness (QED) is 0.504. The van der Waals surface area contributed by atoms with Crippen molar-refractivity contribution < 1.29 is 24.4 Å². The maximum Gasteiger partial charge on any atom is 0.167 e. The van der Waals surface area contributed by atoms with Crippen molar-refractivity contribution in [3.63, 3.8) is 0 Å². The van der Waals surface area contributed by atoms with Crippen LogP contribution >= 0.6 is 0 Å². The number of ether oxygens (including phenoxy) is 1. The summed E-state index contributed by atoms with van der Waals surface area (Å²) in [5.41, 5.74) is 1.73. The van der Waals surface area contributed by atoms with Crippen molar-refractivity contribution in [2.75, 3.05) is 11.9 Å². The van der Waals surface area contributed by atoms with Gasteiger partial charge in [0, 0.05) is 0 Å². The molecular weight excluding hydrogens is 369 g/mol. The van der Waals surface area contributed by atoms with Crippen molar-refractivity contribution in [2.24, 2.45) is 0 Å². The molecule has 10 heteroatoms. The lowest BCUT2D eigenvalue weighted by atomic mass is 10.1. The Morgan fingerprint density at radius 1 is 1.18 bits per heavy atom. The number of hydrogen-bond donors (Lipinski definition) is 4. The topological polar surface area (TPSA) is 126 Å². The van der Waals surface area contributed by atoms with E-state index >= 15 is 0 Å². The molecule has 1 saturated heterocycles. The van der Waals surface area contributed by atoms with Gasteiger partial charge in [-0.1, -0.05) is 12.1 Å². The molecule has 4 rings (SSSR count). The number of fused-ring (bicyclic) bond motifs is 1. The zero-order valence-corrected chi connectivity index (χ0v) is 15.0. The Bertz CT molecular complexity index is 966. The summed E-state index contributed by atoms with van der Waals surface area (Å²) in [5, 5.41) is 32.7. The van der Waals surface area contributed by atoms with Crippen LogP contribution in [0, 0.1) is 5.82 Å². The van der Waals surface area contributed by atoms with Gasteiger partial charge in [-0.25, -0.2) is 19.3 Å². The van der Waals surface area contributed by atoms with Crippen molar-refractivity contribution >= 4 is 17.0 Å². The maximum atomic E-state index is 13.1. The van der Waals surface area contributed by atoms with E-state index in [9.17, 15) is 19.7 Å². The minimum atomic E-state index is -1.24. The van der Waals surface area contributed by atoms with E-state index in [0.29, 0.717) is 17.0 Å². The molecule has 0 aliphatic carbocycles. The number of aliphatic hydroxyl groups excluding tert-OH is 3. The van der Waals surface area contributed by atoms with Crippen LogP contribution in [0.15, 0.2) is 36.9 Å². The predicted molar refractivity (Wildman–Crippen MR) is 96.8 cm³/mol. The predicted octanol–water partition coefficient (Wildman–Crippen LogP) is 0.750. The third-order valence-corrected chi connectivity index (χ3v) is 4.87. The second kappa shape index (κ2) is 7.40. The fraction of sp³-hybridized carbons (Fsp3) is 0.389. The lowest BCUT2D eigenvalue weighted by Crippen LogP contribution is -2.33. The van der Waals surface area contributed by atoms with E-state index < -0.39 is 31.1 Å². The van der Waals surface area contributed by atoms with E-state index in [2.05, 4.69) is 20.3 Å². The zero-order valence-electron chi connectivity index (χ0n) is 15.0. The van der Waals surface area contributed by atoms with Gasteiger partial charge in [0.2, 0.25) is 0 Å². The van der Waals surface area contributed by atoms with Crippen molar-refractivity contribution in [3.05, 3.63) is 48.3 Å². The first-order valence-electron chi connectivity index (χ1n) is 8.81. The van der Waals surface area contributed by atoms with Gasteiger partial charge < -0.3 is 25.4 Å².